The number of benzene rings is 1. The molecule has 1 aromatic carbocycles. The van der Waals surface area contributed by atoms with Crippen molar-refractivity contribution in [3.8, 4) is 5.75 Å². The molecule has 0 bridgehead atoms. The maximum absolute atomic E-state index is 12.5. The molecule has 1 N–H and O–H groups in total. The van der Waals surface area contributed by atoms with Gasteiger partial charge in [0.05, 0.1) is 5.69 Å². The molecule has 1 unspecified atom stereocenters. The van der Waals surface area contributed by atoms with Crippen molar-refractivity contribution in [1.82, 2.24) is 0 Å². The van der Waals surface area contributed by atoms with Crippen LogP contribution in [0.4, 0.5) is 18.9 Å². The van der Waals surface area contributed by atoms with Gasteiger partial charge in [0.1, 0.15) is 0 Å². The number of fused-ring (bicyclic) bond motifs is 1. The quantitative estimate of drug-likeness (QED) is 0.866. The molecule has 112 valence electrons. The van der Waals surface area contributed by atoms with E-state index in [4.69, 9.17) is 0 Å². The minimum atomic E-state index is -4.66. The van der Waals surface area contributed by atoms with Crippen molar-refractivity contribution in [2.75, 3.05) is 11.9 Å². The van der Waals surface area contributed by atoms with Gasteiger partial charge in [-0.2, -0.15) is 0 Å². The third kappa shape index (κ3) is 2.58. The van der Waals surface area contributed by atoms with Crippen molar-refractivity contribution in [2.45, 2.75) is 45.4 Å². The normalized spacial score (nSPS) is 21.8. The molecular formula is C15H20F3NO. The van der Waals surface area contributed by atoms with E-state index >= 15 is 0 Å². The van der Waals surface area contributed by atoms with Crippen molar-refractivity contribution in [1.29, 1.82) is 0 Å². The van der Waals surface area contributed by atoms with E-state index in [0.717, 1.165) is 18.4 Å². The molecule has 0 saturated heterocycles. The summed E-state index contributed by atoms with van der Waals surface area (Å²) in [6, 6.07) is 4.91. The van der Waals surface area contributed by atoms with Gasteiger partial charge in [0.25, 0.3) is 0 Å². The number of rotatable bonds is 4. The molecule has 0 fully saturated rings. The molecule has 5 heteroatoms. The summed E-state index contributed by atoms with van der Waals surface area (Å²) in [6.45, 7) is 6.98. The summed E-state index contributed by atoms with van der Waals surface area (Å²) in [5.41, 5.74) is 1.32. The number of hydrogen-bond acceptors (Lipinski definition) is 2. The van der Waals surface area contributed by atoms with Crippen LogP contribution in [-0.2, 0) is 5.41 Å². The first kappa shape index (κ1) is 15.0. The summed E-state index contributed by atoms with van der Waals surface area (Å²) >= 11 is 0. The molecule has 0 aliphatic carbocycles. The van der Waals surface area contributed by atoms with E-state index in [2.05, 4.69) is 30.8 Å². The fourth-order valence-corrected chi connectivity index (χ4v) is 3.15. The standard InChI is InChI=1S/C15H20F3NO/c1-4-8-14(10(2)3)9-19-13-11(14)6-5-7-12(13)20-15(16,17)18/h5-7,10,19H,4,8-9H2,1-3H3. The van der Waals surface area contributed by atoms with Crippen LogP contribution in [0.1, 0.15) is 39.2 Å². The Morgan fingerprint density at radius 3 is 2.60 bits per heavy atom. The van der Waals surface area contributed by atoms with Crippen molar-refractivity contribution in [2.24, 2.45) is 5.92 Å². The fraction of sp³-hybridized carbons (Fsp3) is 0.600. The molecule has 2 nitrogen and oxygen atoms in total. The summed E-state index contributed by atoms with van der Waals surface area (Å²) in [5.74, 6) is 0.214. The monoisotopic (exact) mass is 287 g/mol. The van der Waals surface area contributed by atoms with Crippen LogP contribution in [0.5, 0.6) is 5.75 Å². The maximum atomic E-state index is 12.5. The lowest BCUT2D eigenvalue weighted by atomic mass is 9.70. The lowest BCUT2D eigenvalue weighted by Crippen LogP contribution is -2.34. The fourth-order valence-electron chi connectivity index (χ4n) is 3.15. The summed E-state index contributed by atoms with van der Waals surface area (Å²) in [6.07, 6.45) is -2.73. The predicted molar refractivity (Wildman–Crippen MR) is 73.0 cm³/mol. The highest BCUT2D eigenvalue weighted by molar-refractivity contribution is 5.69. The van der Waals surface area contributed by atoms with Gasteiger partial charge < -0.3 is 10.1 Å². The molecule has 0 spiro atoms. The number of alkyl halides is 3. The molecule has 0 saturated carbocycles. The van der Waals surface area contributed by atoms with Crippen LogP contribution >= 0.6 is 0 Å². The van der Waals surface area contributed by atoms with Crippen molar-refractivity contribution in [3.63, 3.8) is 0 Å². The van der Waals surface area contributed by atoms with E-state index in [-0.39, 0.29) is 11.2 Å². The zero-order valence-electron chi connectivity index (χ0n) is 12.0. The molecule has 0 aromatic heterocycles. The second kappa shape index (κ2) is 5.19. The smallest absolute Gasteiger partial charge is 0.404 e. The van der Waals surface area contributed by atoms with Crippen molar-refractivity contribution >= 4 is 5.69 Å². The van der Waals surface area contributed by atoms with Crippen LogP contribution in [0, 0.1) is 5.92 Å². The van der Waals surface area contributed by atoms with Gasteiger partial charge in [-0.05, 0) is 24.0 Å². The molecule has 1 atom stereocenters. The zero-order valence-corrected chi connectivity index (χ0v) is 12.0. The number of anilines is 1. The van der Waals surface area contributed by atoms with Gasteiger partial charge in [-0.3, -0.25) is 0 Å². The number of hydrogen-bond donors (Lipinski definition) is 1. The first-order chi connectivity index (χ1) is 9.30. The SMILES string of the molecule is CCCC1(C(C)C)CNc2c(OC(F)(F)F)cccc21. The Hall–Kier alpha value is -1.39. The van der Waals surface area contributed by atoms with E-state index in [0.29, 0.717) is 18.2 Å². The lowest BCUT2D eigenvalue weighted by molar-refractivity contribution is -0.274. The first-order valence-corrected chi connectivity index (χ1v) is 6.93. The van der Waals surface area contributed by atoms with Gasteiger partial charge in [0, 0.05) is 12.0 Å². The van der Waals surface area contributed by atoms with Gasteiger partial charge in [-0.1, -0.05) is 39.3 Å². The summed E-state index contributed by atoms with van der Waals surface area (Å²) < 4.78 is 41.5. The largest absolute Gasteiger partial charge is 0.573 e. The first-order valence-electron chi connectivity index (χ1n) is 6.93. The van der Waals surface area contributed by atoms with Gasteiger partial charge in [-0.15, -0.1) is 13.2 Å². The van der Waals surface area contributed by atoms with Gasteiger partial charge in [0.15, 0.2) is 5.75 Å². The Bertz CT molecular complexity index is 484. The highest BCUT2D eigenvalue weighted by Crippen LogP contribution is 2.49. The average molecular weight is 287 g/mol. The number of para-hydroxylation sites is 1. The Morgan fingerprint density at radius 2 is 2.05 bits per heavy atom. The van der Waals surface area contributed by atoms with Crippen molar-refractivity contribution in [3.05, 3.63) is 23.8 Å². The van der Waals surface area contributed by atoms with Crippen LogP contribution in [-0.4, -0.2) is 12.9 Å². The van der Waals surface area contributed by atoms with Crippen LogP contribution < -0.4 is 10.1 Å². The molecule has 1 heterocycles. The lowest BCUT2D eigenvalue weighted by Gasteiger charge is -2.33. The average Bonchev–Trinajstić information content (AvgIpc) is 2.69. The molecular weight excluding hydrogens is 267 g/mol. The minimum Gasteiger partial charge on any atom is -0.404 e. The summed E-state index contributed by atoms with van der Waals surface area (Å²) in [7, 11) is 0. The van der Waals surface area contributed by atoms with Crippen molar-refractivity contribution < 1.29 is 17.9 Å². The molecule has 1 aromatic rings. The number of halogens is 3. The van der Waals surface area contributed by atoms with Crippen LogP contribution in [0.3, 0.4) is 0 Å². The molecule has 1 aliphatic rings. The summed E-state index contributed by atoms with van der Waals surface area (Å²) in [4.78, 5) is 0. The van der Waals surface area contributed by atoms with Crippen LogP contribution in [0.15, 0.2) is 18.2 Å². The second-order valence-corrected chi connectivity index (χ2v) is 5.64. The highest BCUT2D eigenvalue weighted by atomic mass is 19.4. The third-order valence-corrected chi connectivity index (χ3v) is 4.17. The Kier molecular flexibility index (Phi) is 3.89. The van der Waals surface area contributed by atoms with Gasteiger partial charge in [0.2, 0.25) is 0 Å². The minimum absolute atomic E-state index is 0.116. The second-order valence-electron chi connectivity index (χ2n) is 5.64. The Balaban J connectivity index is 2.45. The van der Waals surface area contributed by atoms with Crippen LogP contribution in [0.25, 0.3) is 0 Å². The molecule has 0 radical (unpaired) electrons. The Morgan fingerprint density at radius 1 is 1.35 bits per heavy atom. The van der Waals surface area contributed by atoms with E-state index in [9.17, 15) is 13.2 Å². The Labute approximate surface area is 117 Å². The highest BCUT2D eigenvalue weighted by Gasteiger charge is 2.43. The number of ether oxygens (including phenoxy) is 1. The van der Waals surface area contributed by atoms with E-state index in [1.165, 1.54) is 6.07 Å². The summed E-state index contributed by atoms with van der Waals surface area (Å²) in [5, 5.41) is 3.12. The topological polar surface area (TPSA) is 21.3 Å². The zero-order chi connectivity index (χ0) is 15.0. The molecule has 20 heavy (non-hydrogen) atoms. The van der Waals surface area contributed by atoms with E-state index < -0.39 is 6.36 Å². The van der Waals surface area contributed by atoms with E-state index in [1.807, 2.05) is 6.07 Å². The third-order valence-electron chi connectivity index (χ3n) is 4.17. The number of nitrogens with one attached hydrogen (secondary N) is 1. The molecule has 0 amide bonds. The predicted octanol–water partition coefficient (Wildman–Crippen LogP) is 4.70. The molecule has 2 rings (SSSR count). The maximum Gasteiger partial charge on any atom is 0.573 e. The van der Waals surface area contributed by atoms with Crippen LogP contribution in [0.2, 0.25) is 0 Å². The van der Waals surface area contributed by atoms with E-state index in [1.54, 1.807) is 6.07 Å². The molecule has 1 aliphatic heterocycles. The van der Waals surface area contributed by atoms with Gasteiger partial charge in [-0.25, -0.2) is 0 Å². The van der Waals surface area contributed by atoms with Gasteiger partial charge >= 0.3 is 6.36 Å².